The third-order valence-corrected chi connectivity index (χ3v) is 5.04. The van der Waals surface area contributed by atoms with Crippen molar-refractivity contribution in [3.63, 3.8) is 0 Å². The molecule has 2 rings (SSSR count). The molecule has 2 aromatic rings. The van der Waals surface area contributed by atoms with E-state index < -0.39 is 5.41 Å². The Labute approximate surface area is 175 Å². The van der Waals surface area contributed by atoms with Crippen molar-refractivity contribution in [3.8, 4) is 11.5 Å². The van der Waals surface area contributed by atoms with Crippen LogP contribution in [0, 0.1) is 19.3 Å². The number of hydrogen-bond acceptors (Lipinski definition) is 3. The average Bonchev–Trinajstić information content (AvgIpc) is 2.69. The molecular formula is C25H35NO3. The lowest BCUT2D eigenvalue weighted by molar-refractivity contribution is -0.124. The van der Waals surface area contributed by atoms with Gasteiger partial charge in [0.2, 0.25) is 5.91 Å². The van der Waals surface area contributed by atoms with Crippen LogP contribution in [0.5, 0.6) is 11.5 Å². The maximum atomic E-state index is 12.7. The average molecular weight is 398 g/mol. The van der Waals surface area contributed by atoms with Crippen molar-refractivity contribution in [3.05, 3.63) is 53.6 Å². The molecule has 0 aliphatic rings. The molecule has 4 nitrogen and oxygen atoms in total. The van der Waals surface area contributed by atoms with E-state index in [4.69, 9.17) is 9.47 Å². The van der Waals surface area contributed by atoms with Crippen LogP contribution >= 0.6 is 0 Å². The van der Waals surface area contributed by atoms with Crippen LogP contribution < -0.4 is 14.8 Å². The molecule has 0 aliphatic carbocycles. The lowest BCUT2D eigenvalue weighted by atomic mass is 9.87. The summed E-state index contributed by atoms with van der Waals surface area (Å²) in [6.45, 7) is 11.5. The maximum absolute atomic E-state index is 12.7. The molecule has 0 aromatic heterocycles. The Hall–Kier alpha value is -2.49. The zero-order valence-corrected chi connectivity index (χ0v) is 18.5. The van der Waals surface area contributed by atoms with Gasteiger partial charge in [0, 0.05) is 11.1 Å². The molecule has 0 saturated heterocycles. The van der Waals surface area contributed by atoms with E-state index in [1.54, 1.807) is 0 Å². The van der Waals surface area contributed by atoms with Gasteiger partial charge in [-0.3, -0.25) is 4.79 Å². The van der Waals surface area contributed by atoms with Gasteiger partial charge in [0.15, 0.2) is 0 Å². The number of hydrogen-bond donors (Lipinski definition) is 1. The van der Waals surface area contributed by atoms with Crippen molar-refractivity contribution in [2.75, 3.05) is 18.5 Å². The summed E-state index contributed by atoms with van der Waals surface area (Å²) in [4.78, 5) is 12.7. The second-order valence-corrected chi connectivity index (χ2v) is 8.29. The highest BCUT2D eigenvalue weighted by Crippen LogP contribution is 2.26. The lowest BCUT2D eigenvalue weighted by Crippen LogP contribution is -2.31. The van der Waals surface area contributed by atoms with Gasteiger partial charge in [0.1, 0.15) is 11.5 Å². The minimum absolute atomic E-state index is 0.0175. The van der Waals surface area contributed by atoms with E-state index >= 15 is 0 Å². The molecule has 29 heavy (non-hydrogen) atoms. The largest absolute Gasteiger partial charge is 0.494 e. The number of anilines is 1. The standard InChI is InChI=1S/C25H35NO3/c1-6-7-16-28-22-13-11-21(12-14-22)26-24(27)25(4,5)15-8-17-29-23-18-19(2)9-10-20(23)3/h9-14,18H,6-8,15-17H2,1-5H3,(H,26,27). The fourth-order valence-electron chi connectivity index (χ4n) is 2.94. The highest BCUT2D eigenvalue weighted by Gasteiger charge is 2.27. The predicted molar refractivity (Wildman–Crippen MR) is 120 cm³/mol. The summed E-state index contributed by atoms with van der Waals surface area (Å²) < 4.78 is 11.6. The Bertz CT molecular complexity index is 781. The zero-order valence-electron chi connectivity index (χ0n) is 18.5. The van der Waals surface area contributed by atoms with Crippen molar-refractivity contribution < 1.29 is 14.3 Å². The van der Waals surface area contributed by atoms with E-state index in [0.29, 0.717) is 6.61 Å². The molecule has 0 bridgehead atoms. The second kappa shape index (κ2) is 10.9. The minimum Gasteiger partial charge on any atom is -0.494 e. The van der Waals surface area contributed by atoms with Crippen molar-refractivity contribution in [1.82, 2.24) is 0 Å². The van der Waals surface area contributed by atoms with Gasteiger partial charge in [-0.15, -0.1) is 0 Å². The number of unbranched alkanes of at least 4 members (excludes halogenated alkanes) is 1. The van der Waals surface area contributed by atoms with Gasteiger partial charge in [-0.2, -0.15) is 0 Å². The summed E-state index contributed by atoms with van der Waals surface area (Å²) in [5.41, 5.74) is 2.64. The number of amides is 1. The normalized spacial score (nSPS) is 11.2. The Morgan fingerprint density at radius 3 is 2.34 bits per heavy atom. The predicted octanol–water partition coefficient (Wildman–Crippen LogP) is 6.31. The SMILES string of the molecule is CCCCOc1ccc(NC(=O)C(C)(C)CCCOc2cc(C)ccc2C)cc1. The third kappa shape index (κ3) is 7.45. The van der Waals surface area contributed by atoms with Crippen LogP contribution in [0.2, 0.25) is 0 Å². The summed E-state index contributed by atoms with van der Waals surface area (Å²) in [6.07, 6.45) is 3.72. The number of aryl methyl sites for hydroxylation is 2. The van der Waals surface area contributed by atoms with Gasteiger partial charge < -0.3 is 14.8 Å². The molecule has 4 heteroatoms. The Morgan fingerprint density at radius 2 is 1.66 bits per heavy atom. The third-order valence-electron chi connectivity index (χ3n) is 5.04. The molecule has 0 aliphatic heterocycles. The summed E-state index contributed by atoms with van der Waals surface area (Å²) in [7, 11) is 0. The summed E-state index contributed by atoms with van der Waals surface area (Å²) in [5.74, 6) is 1.77. The zero-order chi connectivity index (χ0) is 21.3. The number of benzene rings is 2. The van der Waals surface area contributed by atoms with E-state index in [0.717, 1.165) is 55.0 Å². The topological polar surface area (TPSA) is 47.6 Å². The van der Waals surface area contributed by atoms with Crippen LogP contribution in [-0.2, 0) is 4.79 Å². The molecule has 0 radical (unpaired) electrons. The van der Waals surface area contributed by atoms with Gasteiger partial charge in [-0.05, 0) is 74.6 Å². The molecule has 2 aromatic carbocycles. The molecule has 0 fully saturated rings. The highest BCUT2D eigenvalue weighted by atomic mass is 16.5. The van der Waals surface area contributed by atoms with Gasteiger partial charge in [0.25, 0.3) is 0 Å². The fraction of sp³-hybridized carbons (Fsp3) is 0.480. The first-order chi connectivity index (χ1) is 13.8. The number of carbonyl (C=O) groups is 1. The van der Waals surface area contributed by atoms with E-state index in [1.807, 2.05) is 45.0 Å². The van der Waals surface area contributed by atoms with Crippen LogP contribution in [0.4, 0.5) is 5.69 Å². The summed E-state index contributed by atoms with van der Waals surface area (Å²) in [6, 6.07) is 13.8. The smallest absolute Gasteiger partial charge is 0.230 e. The summed E-state index contributed by atoms with van der Waals surface area (Å²) >= 11 is 0. The lowest BCUT2D eigenvalue weighted by Gasteiger charge is -2.24. The summed E-state index contributed by atoms with van der Waals surface area (Å²) in [5, 5.41) is 3.02. The van der Waals surface area contributed by atoms with Gasteiger partial charge >= 0.3 is 0 Å². The van der Waals surface area contributed by atoms with Gasteiger partial charge in [-0.25, -0.2) is 0 Å². The second-order valence-electron chi connectivity index (χ2n) is 8.29. The van der Waals surface area contributed by atoms with Crippen LogP contribution in [0.15, 0.2) is 42.5 Å². The Morgan fingerprint density at radius 1 is 0.966 bits per heavy atom. The van der Waals surface area contributed by atoms with Gasteiger partial charge in [0.05, 0.1) is 13.2 Å². The number of ether oxygens (including phenoxy) is 2. The molecular weight excluding hydrogens is 362 g/mol. The first-order valence-electron chi connectivity index (χ1n) is 10.6. The quantitative estimate of drug-likeness (QED) is 0.452. The van der Waals surface area contributed by atoms with Crippen molar-refractivity contribution in [2.45, 2.75) is 60.3 Å². The van der Waals surface area contributed by atoms with Crippen molar-refractivity contribution >= 4 is 11.6 Å². The van der Waals surface area contributed by atoms with Crippen molar-refractivity contribution in [1.29, 1.82) is 0 Å². The molecule has 0 atom stereocenters. The van der Waals surface area contributed by atoms with Crippen LogP contribution in [0.3, 0.4) is 0 Å². The van der Waals surface area contributed by atoms with Crippen LogP contribution in [0.25, 0.3) is 0 Å². The van der Waals surface area contributed by atoms with E-state index in [1.165, 1.54) is 5.56 Å². The fourth-order valence-corrected chi connectivity index (χ4v) is 2.94. The van der Waals surface area contributed by atoms with E-state index in [-0.39, 0.29) is 5.91 Å². The van der Waals surface area contributed by atoms with E-state index in [2.05, 4.69) is 37.4 Å². The monoisotopic (exact) mass is 397 g/mol. The molecule has 158 valence electrons. The van der Waals surface area contributed by atoms with Gasteiger partial charge in [-0.1, -0.05) is 39.3 Å². The molecule has 0 heterocycles. The Kier molecular flexibility index (Phi) is 8.56. The highest BCUT2D eigenvalue weighted by molar-refractivity contribution is 5.94. The minimum atomic E-state index is -0.471. The molecule has 0 saturated carbocycles. The van der Waals surface area contributed by atoms with Crippen LogP contribution in [0.1, 0.15) is 57.6 Å². The van der Waals surface area contributed by atoms with Crippen LogP contribution in [-0.4, -0.2) is 19.1 Å². The first-order valence-corrected chi connectivity index (χ1v) is 10.6. The number of nitrogens with one attached hydrogen (secondary N) is 1. The van der Waals surface area contributed by atoms with E-state index in [9.17, 15) is 4.79 Å². The maximum Gasteiger partial charge on any atom is 0.230 e. The molecule has 1 amide bonds. The van der Waals surface area contributed by atoms with Crippen molar-refractivity contribution in [2.24, 2.45) is 5.41 Å². The number of carbonyl (C=O) groups excluding carboxylic acids is 1. The molecule has 1 N–H and O–H groups in total. The first kappa shape index (κ1) is 22.8. The molecule has 0 spiro atoms. The number of rotatable bonds is 11. The Balaban J connectivity index is 1.79. The molecule has 0 unspecified atom stereocenters.